The molecule has 0 spiro atoms. The number of carbonyl (C=O) groups excluding carboxylic acids is 1. The number of aryl methyl sites for hydroxylation is 1. The van der Waals surface area contributed by atoms with Gasteiger partial charge in [0.1, 0.15) is 30.6 Å². The van der Waals surface area contributed by atoms with Crippen LogP contribution in [0.5, 0.6) is 17.2 Å². The number of nitriles is 1. The maximum absolute atomic E-state index is 13.0. The molecule has 5 aromatic rings. The van der Waals surface area contributed by atoms with Gasteiger partial charge in [-0.25, -0.2) is 0 Å². The van der Waals surface area contributed by atoms with Gasteiger partial charge < -0.3 is 19.5 Å². The Morgan fingerprint density at radius 3 is 2.39 bits per heavy atom. The number of amides is 1. The highest BCUT2D eigenvalue weighted by Crippen LogP contribution is 2.38. The number of benzene rings is 5. The highest BCUT2D eigenvalue weighted by Gasteiger charge is 2.16. The second-order valence-electron chi connectivity index (χ2n) is 10.3. The Kier molecular flexibility index (Phi) is 10.7. The molecule has 0 unspecified atom stereocenters. The van der Waals surface area contributed by atoms with Crippen molar-refractivity contribution in [1.82, 2.24) is 0 Å². The lowest BCUT2D eigenvalue weighted by molar-refractivity contribution is -0.112. The molecule has 0 heterocycles. The monoisotopic (exact) mass is 670 g/mol. The van der Waals surface area contributed by atoms with Crippen LogP contribution in [0, 0.1) is 18.3 Å². The topological polar surface area (TPSA) is 80.6 Å². The molecule has 0 atom stereocenters. The molecule has 46 heavy (non-hydrogen) atoms. The molecule has 1 amide bonds. The summed E-state index contributed by atoms with van der Waals surface area (Å²) >= 11 is 18.9. The third-order valence-electron chi connectivity index (χ3n) is 7.17. The fourth-order valence-electron chi connectivity index (χ4n) is 4.80. The summed E-state index contributed by atoms with van der Waals surface area (Å²) in [4.78, 5) is 13.0. The Balaban J connectivity index is 1.28. The first-order chi connectivity index (χ1) is 22.2. The molecule has 0 aliphatic heterocycles. The molecular formula is C37H29Cl3N2O4. The molecule has 0 aromatic heterocycles. The highest BCUT2D eigenvalue weighted by atomic mass is 35.5. The van der Waals surface area contributed by atoms with E-state index in [9.17, 15) is 10.1 Å². The highest BCUT2D eigenvalue weighted by molar-refractivity contribution is 6.35. The van der Waals surface area contributed by atoms with E-state index in [1.807, 2.05) is 32.0 Å². The van der Waals surface area contributed by atoms with Crippen LogP contribution in [0.4, 0.5) is 5.69 Å². The summed E-state index contributed by atoms with van der Waals surface area (Å²) < 4.78 is 17.9. The summed E-state index contributed by atoms with van der Waals surface area (Å²) in [6, 6.07) is 29.6. The molecular weight excluding hydrogens is 643 g/mol. The van der Waals surface area contributed by atoms with Gasteiger partial charge in [-0.15, -0.1) is 0 Å². The molecule has 0 bridgehead atoms. The van der Waals surface area contributed by atoms with E-state index in [1.165, 1.54) is 6.08 Å². The average molecular weight is 672 g/mol. The molecule has 0 saturated heterocycles. The quantitative estimate of drug-likeness (QED) is 0.112. The zero-order valence-corrected chi connectivity index (χ0v) is 27.3. The number of halogens is 3. The standard InChI is InChI=1S/C37H29Cl3N2O4/c1-3-44-35-18-24(17-34(40)36(35)46-22-32-23(2)8-9-25-6-4-5-7-31(25)32)16-27(20-41)37(43)42-29-12-14-30(15-13-29)45-21-26-10-11-28(38)19-33(26)39/h4-19H,3,21-22H2,1-2H3,(H,42,43)/b27-16+. The van der Waals surface area contributed by atoms with Crippen molar-refractivity contribution in [3.8, 4) is 23.3 Å². The molecule has 0 radical (unpaired) electrons. The lowest BCUT2D eigenvalue weighted by atomic mass is 10.0. The number of hydrogen-bond acceptors (Lipinski definition) is 5. The number of nitrogens with zero attached hydrogens (tertiary/aromatic N) is 1. The van der Waals surface area contributed by atoms with Crippen molar-refractivity contribution in [2.45, 2.75) is 27.1 Å². The van der Waals surface area contributed by atoms with E-state index in [-0.39, 0.29) is 18.8 Å². The molecule has 6 nitrogen and oxygen atoms in total. The van der Waals surface area contributed by atoms with E-state index in [0.29, 0.717) is 50.2 Å². The van der Waals surface area contributed by atoms with Gasteiger partial charge in [0.25, 0.3) is 5.91 Å². The Morgan fingerprint density at radius 2 is 1.65 bits per heavy atom. The summed E-state index contributed by atoms with van der Waals surface area (Å²) in [7, 11) is 0. The lowest BCUT2D eigenvalue weighted by Crippen LogP contribution is -2.13. The minimum atomic E-state index is -0.579. The zero-order valence-electron chi connectivity index (χ0n) is 25.1. The molecule has 5 rings (SSSR count). The van der Waals surface area contributed by atoms with Crippen molar-refractivity contribution < 1.29 is 19.0 Å². The summed E-state index contributed by atoms with van der Waals surface area (Å²) in [5.74, 6) is 0.796. The van der Waals surface area contributed by atoms with Gasteiger partial charge in [-0.1, -0.05) is 77.3 Å². The number of carbonyl (C=O) groups is 1. The maximum atomic E-state index is 13.0. The van der Waals surface area contributed by atoms with E-state index in [4.69, 9.17) is 49.0 Å². The second kappa shape index (κ2) is 15.1. The Labute approximate surface area is 282 Å². The van der Waals surface area contributed by atoms with Gasteiger partial charge in [-0.2, -0.15) is 5.26 Å². The third-order valence-corrected chi connectivity index (χ3v) is 8.03. The van der Waals surface area contributed by atoms with Crippen LogP contribution in [0.1, 0.15) is 29.2 Å². The minimum Gasteiger partial charge on any atom is -0.490 e. The van der Waals surface area contributed by atoms with Crippen LogP contribution in [0.3, 0.4) is 0 Å². The minimum absolute atomic E-state index is 0.115. The van der Waals surface area contributed by atoms with Crippen LogP contribution >= 0.6 is 34.8 Å². The van der Waals surface area contributed by atoms with Crippen LogP contribution in [0.15, 0.2) is 96.6 Å². The van der Waals surface area contributed by atoms with Crippen LogP contribution < -0.4 is 19.5 Å². The summed E-state index contributed by atoms with van der Waals surface area (Å²) in [6.07, 6.45) is 1.45. The Hall–Kier alpha value is -4.67. The molecule has 232 valence electrons. The maximum Gasteiger partial charge on any atom is 0.266 e. The van der Waals surface area contributed by atoms with Crippen molar-refractivity contribution in [2.75, 3.05) is 11.9 Å². The van der Waals surface area contributed by atoms with Gasteiger partial charge >= 0.3 is 0 Å². The van der Waals surface area contributed by atoms with E-state index in [0.717, 1.165) is 27.5 Å². The van der Waals surface area contributed by atoms with Crippen molar-refractivity contribution in [3.63, 3.8) is 0 Å². The Morgan fingerprint density at radius 1 is 0.870 bits per heavy atom. The SMILES string of the molecule is CCOc1cc(/C=C(\C#N)C(=O)Nc2ccc(OCc3ccc(Cl)cc3Cl)cc2)cc(Cl)c1OCc1c(C)ccc2ccccc12. The molecule has 0 saturated carbocycles. The van der Waals surface area contributed by atoms with Crippen LogP contribution in [-0.4, -0.2) is 12.5 Å². The van der Waals surface area contributed by atoms with E-state index in [2.05, 4.69) is 29.6 Å². The van der Waals surface area contributed by atoms with Crippen LogP contribution in [0.2, 0.25) is 15.1 Å². The first-order valence-corrected chi connectivity index (χ1v) is 15.6. The van der Waals surface area contributed by atoms with Crippen molar-refractivity contribution in [1.29, 1.82) is 5.26 Å². The lowest BCUT2D eigenvalue weighted by Gasteiger charge is -2.17. The predicted molar refractivity (Wildman–Crippen MR) is 185 cm³/mol. The van der Waals surface area contributed by atoms with E-state index >= 15 is 0 Å². The second-order valence-corrected chi connectivity index (χ2v) is 11.6. The number of fused-ring (bicyclic) bond motifs is 1. The summed E-state index contributed by atoms with van der Waals surface area (Å²) in [5, 5.41) is 16.1. The average Bonchev–Trinajstić information content (AvgIpc) is 3.04. The smallest absolute Gasteiger partial charge is 0.266 e. The van der Waals surface area contributed by atoms with Gasteiger partial charge in [-0.3, -0.25) is 4.79 Å². The first kappa shape index (κ1) is 32.7. The van der Waals surface area contributed by atoms with Gasteiger partial charge in [0.15, 0.2) is 11.5 Å². The van der Waals surface area contributed by atoms with Crippen molar-refractivity contribution >= 4 is 63.2 Å². The van der Waals surface area contributed by atoms with Crippen molar-refractivity contribution in [2.24, 2.45) is 0 Å². The van der Waals surface area contributed by atoms with E-state index in [1.54, 1.807) is 54.6 Å². The zero-order chi connectivity index (χ0) is 32.6. The number of rotatable bonds is 11. The van der Waals surface area contributed by atoms with E-state index < -0.39 is 5.91 Å². The van der Waals surface area contributed by atoms with Gasteiger partial charge in [0.05, 0.1) is 11.6 Å². The first-order valence-electron chi connectivity index (χ1n) is 14.4. The Bertz CT molecular complexity index is 1970. The summed E-state index contributed by atoms with van der Waals surface area (Å²) in [5.41, 5.74) is 3.83. The number of hydrogen-bond donors (Lipinski definition) is 1. The van der Waals surface area contributed by atoms with Gasteiger partial charge in [-0.05, 0) is 90.4 Å². The molecule has 1 N–H and O–H groups in total. The molecule has 0 aliphatic rings. The van der Waals surface area contributed by atoms with Crippen LogP contribution in [0.25, 0.3) is 16.8 Å². The molecule has 9 heteroatoms. The predicted octanol–water partition coefficient (Wildman–Crippen LogP) is 10.2. The number of nitrogens with one attached hydrogen (secondary N) is 1. The third kappa shape index (κ3) is 7.94. The van der Waals surface area contributed by atoms with Crippen LogP contribution in [-0.2, 0) is 18.0 Å². The molecule has 0 aliphatic carbocycles. The normalized spacial score (nSPS) is 11.2. The van der Waals surface area contributed by atoms with Gasteiger partial charge in [0, 0.05) is 26.9 Å². The fourth-order valence-corrected chi connectivity index (χ4v) is 5.54. The van der Waals surface area contributed by atoms with Gasteiger partial charge in [0.2, 0.25) is 0 Å². The largest absolute Gasteiger partial charge is 0.490 e. The number of ether oxygens (including phenoxy) is 3. The van der Waals surface area contributed by atoms with Crippen molar-refractivity contribution in [3.05, 3.63) is 134 Å². The molecule has 0 fully saturated rings. The number of anilines is 1. The molecule has 5 aromatic carbocycles. The fraction of sp³-hybridized carbons (Fsp3) is 0.135. The summed E-state index contributed by atoms with van der Waals surface area (Å²) in [6.45, 7) is 4.80.